The van der Waals surface area contributed by atoms with Gasteiger partial charge in [0.1, 0.15) is 0 Å². The summed E-state index contributed by atoms with van der Waals surface area (Å²) in [5, 5.41) is 3.95. The van der Waals surface area contributed by atoms with Gasteiger partial charge in [0.2, 0.25) is 6.17 Å². The van der Waals surface area contributed by atoms with Gasteiger partial charge in [-0.05, 0) is 13.8 Å². The van der Waals surface area contributed by atoms with Gasteiger partial charge in [0.15, 0.2) is 6.23 Å². The van der Waals surface area contributed by atoms with Gasteiger partial charge in [0.25, 0.3) is 5.91 Å². The lowest BCUT2D eigenvalue weighted by Gasteiger charge is -2.27. The highest BCUT2D eigenvalue weighted by atomic mass is 19.1. The largest absolute Gasteiger partial charge is 0.352 e. The molecule has 1 heterocycles. The van der Waals surface area contributed by atoms with Crippen molar-refractivity contribution < 1.29 is 18.7 Å². The lowest BCUT2D eigenvalue weighted by molar-refractivity contribution is -0.136. The van der Waals surface area contributed by atoms with Crippen LogP contribution >= 0.6 is 0 Å². The van der Waals surface area contributed by atoms with E-state index in [4.69, 9.17) is 4.74 Å². The minimum atomic E-state index is -1.85. The first kappa shape index (κ1) is 9.91. The molecular formula is C7H11FN2O3. The predicted molar refractivity (Wildman–Crippen MR) is 41.6 cm³/mol. The Kier molecular flexibility index (Phi) is 2.82. The summed E-state index contributed by atoms with van der Waals surface area (Å²) in [5.41, 5.74) is 0. The summed E-state index contributed by atoms with van der Waals surface area (Å²) in [6.07, 6.45) is -3.28. The van der Waals surface area contributed by atoms with Crippen molar-refractivity contribution in [2.45, 2.75) is 32.4 Å². The highest BCUT2D eigenvalue weighted by molar-refractivity contribution is 5.99. The Morgan fingerprint density at radius 1 is 1.46 bits per heavy atom. The Morgan fingerprint density at radius 2 is 2.08 bits per heavy atom. The van der Waals surface area contributed by atoms with Crippen molar-refractivity contribution in [2.75, 3.05) is 0 Å². The summed E-state index contributed by atoms with van der Waals surface area (Å²) < 4.78 is 18.0. The molecule has 0 aliphatic carbocycles. The van der Waals surface area contributed by atoms with E-state index in [9.17, 15) is 14.0 Å². The molecule has 0 aromatic carbocycles. The normalized spacial score (nSPS) is 28.6. The van der Waals surface area contributed by atoms with E-state index in [0.29, 0.717) is 0 Å². The van der Waals surface area contributed by atoms with Crippen molar-refractivity contribution in [3.05, 3.63) is 0 Å². The molecule has 0 spiro atoms. The minimum absolute atomic E-state index is 0.255. The maximum absolute atomic E-state index is 13.0. The SMILES string of the molecule is CC(C)O[C@H]1NC(=O)NC(=O)[C@H]1F. The Balaban J connectivity index is 2.61. The minimum Gasteiger partial charge on any atom is -0.352 e. The molecular weight excluding hydrogens is 179 g/mol. The van der Waals surface area contributed by atoms with Crippen LogP contribution in [0.2, 0.25) is 0 Å². The van der Waals surface area contributed by atoms with Crippen LogP contribution in [-0.2, 0) is 9.53 Å². The number of carbonyl (C=O) groups is 2. The average Bonchev–Trinajstić information content (AvgIpc) is 1.98. The molecule has 1 aliphatic rings. The van der Waals surface area contributed by atoms with Crippen LogP contribution in [0, 0.1) is 0 Å². The van der Waals surface area contributed by atoms with Crippen LogP contribution < -0.4 is 10.6 Å². The number of urea groups is 1. The van der Waals surface area contributed by atoms with Gasteiger partial charge in [-0.25, -0.2) is 9.18 Å². The molecule has 0 radical (unpaired) electrons. The summed E-state index contributed by atoms with van der Waals surface area (Å²) in [6, 6.07) is -0.732. The molecule has 0 unspecified atom stereocenters. The molecule has 0 bridgehead atoms. The van der Waals surface area contributed by atoms with E-state index in [1.165, 1.54) is 0 Å². The fraction of sp³-hybridized carbons (Fsp3) is 0.714. The molecule has 1 saturated heterocycles. The number of halogens is 1. The number of amides is 3. The van der Waals surface area contributed by atoms with Gasteiger partial charge >= 0.3 is 6.03 Å². The van der Waals surface area contributed by atoms with Crippen molar-refractivity contribution in [3.8, 4) is 0 Å². The second kappa shape index (κ2) is 3.69. The fourth-order valence-corrected chi connectivity index (χ4v) is 0.953. The lowest BCUT2D eigenvalue weighted by atomic mass is 10.2. The zero-order chi connectivity index (χ0) is 10.0. The number of nitrogens with one attached hydrogen (secondary N) is 2. The molecule has 1 aliphatic heterocycles. The van der Waals surface area contributed by atoms with E-state index in [1.807, 2.05) is 0 Å². The first-order valence-corrected chi connectivity index (χ1v) is 3.91. The van der Waals surface area contributed by atoms with Gasteiger partial charge in [-0.2, -0.15) is 0 Å². The lowest BCUT2D eigenvalue weighted by Crippen LogP contribution is -2.60. The van der Waals surface area contributed by atoms with E-state index in [1.54, 1.807) is 19.2 Å². The van der Waals surface area contributed by atoms with Gasteiger partial charge in [-0.3, -0.25) is 10.1 Å². The summed E-state index contributed by atoms with van der Waals surface area (Å²) in [6.45, 7) is 3.37. The van der Waals surface area contributed by atoms with Gasteiger partial charge < -0.3 is 10.1 Å². The second-order valence-corrected chi connectivity index (χ2v) is 2.97. The molecule has 1 rings (SSSR count). The quantitative estimate of drug-likeness (QED) is 0.639. The number of hydrogen-bond acceptors (Lipinski definition) is 3. The Morgan fingerprint density at radius 3 is 2.62 bits per heavy atom. The molecule has 6 heteroatoms. The highest BCUT2D eigenvalue weighted by Gasteiger charge is 2.36. The van der Waals surface area contributed by atoms with Crippen LogP contribution in [0.5, 0.6) is 0 Å². The van der Waals surface area contributed by atoms with E-state index < -0.39 is 24.3 Å². The van der Waals surface area contributed by atoms with Crippen molar-refractivity contribution >= 4 is 11.9 Å². The van der Waals surface area contributed by atoms with Crippen LogP contribution in [0.3, 0.4) is 0 Å². The molecule has 2 N–H and O–H groups in total. The topological polar surface area (TPSA) is 67.4 Å². The molecule has 1 fully saturated rings. The first-order chi connectivity index (χ1) is 6.00. The van der Waals surface area contributed by atoms with E-state index in [2.05, 4.69) is 5.32 Å². The first-order valence-electron chi connectivity index (χ1n) is 3.91. The number of imide groups is 1. The summed E-state index contributed by atoms with van der Waals surface area (Å²) in [5.74, 6) is -0.964. The second-order valence-electron chi connectivity index (χ2n) is 2.97. The van der Waals surface area contributed by atoms with E-state index in [-0.39, 0.29) is 6.10 Å². The molecule has 0 aromatic rings. The molecule has 5 nitrogen and oxygen atoms in total. The standard InChI is InChI=1S/C7H11FN2O3/c1-3(2)13-6-4(8)5(11)9-7(12)10-6/h3-4,6H,1-2H3,(H2,9,10,11,12)/t4-,6-/m1/s1. The molecule has 0 saturated carbocycles. The van der Waals surface area contributed by atoms with Gasteiger partial charge in [-0.15, -0.1) is 0 Å². The zero-order valence-corrected chi connectivity index (χ0v) is 7.33. The van der Waals surface area contributed by atoms with Crippen LogP contribution in [-0.4, -0.2) is 30.4 Å². The maximum atomic E-state index is 13.0. The summed E-state index contributed by atoms with van der Waals surface area (Å²) in [4.78, 5) is 21.5. The van der Waals surface area contributed by atoms with Crippen LogP contribution in [0.25, 0.3) is 0 Å². The third-order valence-corrected chi connectivity index (χ3v) is 1.45. The number of hydrogen-bond donors (Lipinski definition) is 2. The number of carbonyl (C=O) groups excluding carboxylic acids is 2. The monoisotopic (exact) mass is 190 g/mol. The van der Waals surface area contributed by atoms with Gasteiger partial charge in [0, 0.05) is 0 Å². The van der Waals surface area contributed by atoms with Crippen molar-refractivity contribution in [1.82, 2.24) is 10.6 Å². The van der Waals surface area contributed by atoms with E-state index in [0.717, 1.165) is 0 Å². The van der Waals surface area contributed by atoms with Crippen LogP contribution in [0.1, 0.15) is 13.8 Å². The number of ether oxygens (including phenoxy) is 1. The van der Waals surface area contributed by atoms with Crippen LogP contribution in [0.15, 0.2) is 0 Å². The Hall–Kier alpha value is -1.17. The van der Waals surface area contributed by atoms with E-state index >= 15 is 0 Å². The summed E-state index contributed by atoms with van der Waals surface area (Å²) >= 11 is 0. The molecule has 74 valence electrons. The van der Waals surface area contributed by atoms with Gasteiger partial charge in [-0.1, -0.05) is 0 Å². The smallest absolute Gasteiger partial charge is 0.323 e. The average molecular weight is 190 g/mol. The Bertz CT molecular complexity index is 232. The maximum Gasteiger partial charge on any atom is 0.323 e. The molecule has 0 aromatic heterocycles. The van der Waals surface area contributed by atoms with Crippen molar-refractivity contribution in [1.29, 1.82) is 0 Å². The summed E-state index contributed by atoms with van der Waals surface area (Å²) in [7, 11) is 0. The highest BCUT2D eigenvalue weighted by Crippen LogP contribution is 2.08. The predicted octanol–water partition coefficient (Wildman–Crippen LogP) is -0.0850. The molecule has 3 amide bonds. The zero-order valence-electron chi connectivity index (χ0n) is 7.33. The Labute approximate surface area is 74.6 Å². The third-order valence-electron chi connectivity index (χ3n) is 1.45. The van der Waals surface area contributed by atoms with Gasteiger partial charge in [0.05, 0.1) is 6.10 Å². The third kappa shape index (κ3) is 2.38. The molecule has 13 heavy (non-hydrogen) atoms. The number of alkyl halides is 1. The van der Waals surface area contributed by atoms with Crippen molar-refractivity contribution in [3.63, 3.8) is 0 Å². The van der Waals surface area contributed by atoms with Crippen molar-refractivity contribution in [2.24, 2.45) is 0 Å². The van der Waals surface area contributed by atoms with Crippen LogP contribution in [0.4, 0.5) is 9.18 Å². The number of rotatable bonds is 2. The molecule has 2 atom stereocenters. The fourth-order valence-electron chi connectivity index (χ4n) is 0.953.